The summed E-state index contributed by atoms with van der Waals surface area (Å²) >= 11 is 0. The molecule has 2 rings (SSSR count). The highest BCUT2D eigenvalue weighted by atomic mass is 16.5. The van der Waals surface area contributed by atoms with Crippen LogP contribution in [0.4, 0.5) is 0 Å². The molecule has 0 heterocycles. The molecule has 0 saturated carbocycles. The number of hydrogen-bond donors (Lipinski definition) is 0. The van der Waals surface area contributed by atoms with Crippen LogP contribution in [0.3, 0.4) is 0 Å². The molecule has 0 aliphatic heterocycles. The molecule has 0 spiro atoms. The Balaban J connectivity index is 0.000000202. The molecule has 0 saturated heterocycles. The number of para-hydroxylation sites is 1. The Hall–Kier alpha value is -2.02. The zero-order valence-electron chi connectivity index (χ0n) is 10.2. The highest BCUT2D eigenvalue weighted by Gasteiger charge is 1.95. The van der Waals surface area contributed by atoms with Crippen LogP contribution >= 0.6 is 0 Å². The molecule has 2 aromatic rings. The summed E-state index contributed by atoms with van der Waals surface area (Å²) in [5.41, 5.74) is 1.05. The van der Waals surface area contributed by atoms with Crippen molar-refractivity contribution in [3.8, 4) is 5.75 Å². The smallest absolute Gasteiger partial charge is 0.126 e. The van der Waals surface area contributed by atoms with Gasteiger partial charge in [0.25, 0.3) is 0 Å². The molecule has 2 aromatic carbocycles. The zero-order chi connectivity index (χ0) is 12.3. The standard InChI is InChI=1S/C10H12O.C6H6/c1-3-9-7-5-6-8-10(9)11-4-2;1-2-4-6-5-3-1/h3,5-8H,1,4H2,2H3;1-6H. The van der Waals surface area contributed by atoms with E-state index in [0.717, 1.165) is 11.3 Å². The van der Waals surface area contributed by atoms with E-state index in [1.54, 1.807) is 6.08 Å². The van der Waals surface area contributed by atoms with Gasteiger partial charge in [0.2, 0.25) is 0 Å². The quantitative estimate of drug-likeness (QED) is 0.753. The second-order valence-corrected chi connectivity index (χ2v) is 3.33. The van der Waals surface area contributed by atoms with Gasteiger partial charge >= 0.3 is 0 Å². The minimum absolute atomic E-state index is 0.699. The maximum atomic E-state index is 5.36. The second-order valence-electron chi connectivity index (χ2n) is 3.33. The largest absolute Gasteiger partial charge is 0.493 e. The summed E-state index contributed by atoms with van der Waals surface area (Å²) in [5, 5.41) is 0. The maximum Gasteiger partial charge on any atom is 0.126 e. The summed E-state index contributed by atoms with van der Waals surface area (Å²) in [5.74, 6) is 0.907. The monoisotopic (exact) mass is 226 g/mol. The molecule has 0 radical (unpaired) electrons. The zero-order valence-corrected chi connectivity index (χ0v) is 10.2. The average Bonchev–Trinajstić information content (AvgIpc) is 2.42. The van der Waals surface area contributed by atoms with Crippen LogP contribution in [0.1, 0.15) is 12.5 Å². The fourth-order valence-corrected chi connectivity index (χ4v) is 1.32. The second kappa shape index (κ2) is 8.17. The molecule has 0 N–H and O–H groups in total. The van der Waals surface area contributed by atoms with Gasteiger partial charge in [0.05, 0.1) is 6.61 Å². The Labute approximate surface area is 103 Å². The van der Waals surface area contributed by atoms with Crippen LogP contribution in [-0.2, 0) is 0 Å². The minimum Gasteiger partial charge on any atom is -0.493 e. The average molecular weight is 226 g/mol. The topological polar surface area (TPSA) is 9.23 Å². The number of ether oxygens (including phenoxy) is 1. The molecule has 0 aliphatic rings. The Morgan fingerprint density at radius 2 is 1.47 bits per heavy atom. The van der Waals surface area contributed by atoms with Crippen molar-refractivity contribution < 1.29 is 4.74 Å². The van der Waals surface area contributed by atoms with Crippen LogP contribution < -0.4 is 4.74 Å². The molecule has 0 atom stereocenters. The molecular formula is C16H18O. The van der Waals surface area contributed by atoms with Gasteiger partial charge in [0, 0.05) is 5.56 Å². The summed E-state index contributed by atoms with van der Waals surface area (Å²) in [7, 11) is 0. The van der Waals surface area contributed by atoms with E-state index in [4.69, 9.17) is 4.74 Å². The molecule has 17 heavy (non-hydrogen) atoms. The van der Waals surface area contributed by atoms with Crippen LogP contribution in [0.25, 0.3) is 6.08 Å². The number of hydrogen-bond acceptors (Lipinski definition) is 1. The van der Waals surface area contributed by atoms with Crippen molar-refractivity contribution in [1.82, 2.24) is 0 Å². The first-order chi connectivity index (χ1) is 8.38. The van der Waals surface area contributed by atoms with E-state index in [-0.39, 0.29) is 0 Å². The number of rotatable bonds is 3. The van der Waals surface area contributed by atoms with E-state index < -0.39 is 0 Å². The Morgan fingerprint density at radius 3 is 1.94 bits per heavy atom. The van der Waals surface area contributed by atoms with Gasteiger partial charge in [-0.15, -0.1) is 0 Å². The number of benzene rings is 2. The Kier molecular flexibility index (Phi) is 6.27. The lowest BCUT2D eigenvalue weighted by Gasteiger charge is -2.05. The fraction of sp³-hybridized carbons (Fsp3) is 0.125. The van der Waals surface area contributed by atoms with Crippen LogP contribution in [0.5, 0.6) is 5.75 Å². The van der Waals surface area contributed by atoms with Crippen molar-refractivity contribution in [3.63, 3.8) is 0 Å². The van der Waals surface area contributed by atoms with Gasteiger partial charge in [-0.2, -0.15) is 0 Å². The van der Waals surface area contributed by atoms with Crippen molar-refractivity contribution in [2.45, 2.75) is 6.92 Å². The predicted octanol–water partition coefficient (Wildman–Crippen LogP) is 4.41. The van der Waals surface area contributed by atoms with Crippen molar-refractivity contribution in [1.29, 1.82) is 0 Å². The van der Waals surface area contributed by atoms with Crippen LogP contribution in [0.2, 0.25) is 0 Å². The lowest BCUT2D eigenvalue weighted by molar-refractivity contribution is 0.339. The first-order valence-corrected chi connectivity index (χ1v) is 5.72. The highest BCUT2D eigenvalue weighted by Crippen LogP contribution is 2.18. The summed E-state index contributed by atoms with van der Waals surface area (Å²) in [4.78, 5) is 0. The van der Waals surface area contributed by atoms with Crippen LogP contribution in [0.15, 0.2) is 67.2 Å². The molecule has 1 heteroatoms. The molecule has 0 aromatic heterocycles. The van der Waals surface area contributed by atoms with Gasteiger partial charge in [0.1, 0.15) is 5.75 Å². The SMILES string of the molecule is C=Cc1ccccc1OCC.c1ccccc1. The van der Waals surface area contributed by atoms with Gasteiger partial charge in [-0.05, 0) is 13.0 Å². The molecule has 0 amide bonds. The lowest BCUT2D eigenvalue weighted by atomic mass is 10.2. The Morgan fingerprint density at radius 1 is 0.941 bits per heavy atom. The van der Waals surface area contributed by atoms with Crippen molar-refractivity contribution >= 4 is 6.08 Å². The first-order valence-electron chi connectivity index (χ1n) is 5.72. The van der Waals surface area contributed by atoms with Gasteiger partial charge in [0.15, 0.2) is 0 Å². The molecule has 1 nitrogen and oxygen atoms in total. The van der Waals surface area contributed by atoms with Crippen molar-refractivity contribution in [2.75, 3.05) is 6.61 Å². The fourth-order valence-electron chi connectivity index (χ4n) is 1.32. The van der Waals surface area contributed by atoms with E-state index in [1.165, 1.54) is 0 Å². The molecular weight excluding hydrogens is 208 g/mol. The van der Waals surface area contributed by atoms with E-state index in [1.807, 2.05) is 67.6 Å². The van der Waals surface area contributed by atoms with Gasteiger partial charge in [-0.25, -0.2) is 0 Å². The summed E-state index contributed by atoms with van der Waals surface area (Å²) in [6.07, 6.45) is 1.80. The van der Waals surface area contributed by atoms with Crippen molar-refractivity contribution in [2.24, 2.45) is 0 Å². The van der Waals surface area contributed by atoms with Gasteiger partial charge < -0.3 is 4.74 Å². The van der Waals surface area contributed by atoms with Gasteiger partial charge in [-0.1, -0.05) is 67.3 Å². The van der Waals surface area contributed by atoms with Crippen molar-refractivity contribution in [3.05, 3.63) is 72.8 Å². The predicted molar refractivity (Wildman–Crippen MR) is 74.1 cm³/mol. The van der Waals surface area contributed by atoms with E-state index in [2.05, 4.69) is 6.58 Å². The molecule has 0 bridgehead atoms. The van der Waals surface area contributed by atoms with E-state index in [9.17, 15) is 0 Å². The highest BCUT2D eigenvalue weighted by molar-refractivity contribution is 5.55. The molecule has 0 unspecified atom stereocenters. The third-order valence-corrected chi connectivity index (χ3v) is 2.11. The summed E-state index contributed by atoms with van der Waals surface area (Å²) < 4.78 is 5.36. The molecule has 0 fully saturated rings. The maximum absolute atomic E-state index is 5.36. The first kappa shape index (κ1) is 13.0. The van der Waals surface area contributed by atoms with Crippen LogP contribution in [-0.4, -0.2) is 6.61 Å². The molecule has 0 aliphatic carbocycles. The summed E-state index contributed by atoms with van der Waals surface area (Å²) in [6, 6.07) is 19.9. The van der Waals surface area contributed by atoms with Gasteiger partial charge in [-0.3, -0.25) is 0 Å². The Bertz CT molecular complexity index is 394. The summed E-state index contributed by atoms with van der Waals surface area (Å²) in [6.45, 7) is 6.37. The third-order valence-electron chi connectivity index (χ3n) is 2.11. The van der Waals surface area contributed by atoms with E-state index >= 15 is 0 Å². The third kappa shape index (κ3) is 5.03. The minimum atomic E-state index is 0.699. The molecule has 88 valence electrons. The van der Waals surface area contributed by atoms with Crippen LogP contribution in [0, 0.1) is 0 Å². The van der Waals surface area contributed by atoms with E-state index in [0.29, 0.717) is 6.61 Å². The lowest BCUT2D eigenvalue weighted by Crippen LogP contribution is -1.92. The normalized spacial score (nSPS) is 8.76.